The van der Waals surface area contributed by atoms with E-state index in [2.05, 4.69) is 0 Å². The molecule has 9 nitrogen and oxygen atoms in total. The molecule has 0 radical (unpaired) electrons. The summed E-state index contributed by atoms with van der Waals surface area (Å²) in [4.78, 5) is 36.5. The summed E-state index contributed by atoms with van der Waals surface area (Å²) < 4.78 is 21.1. The van der Waals surface area contributed by atoms with Crippen LogP contribution in [0.4, 0.5) is 4.79 Å². The van der Waals surface area contributed by atoms with E-state index in [0.29, 0.717) is 11.5 Å². The molecule has 0 bridgehead atoms. The molecule has 9 heteroatoms. The summed E-state index contributed by atoms with van der Waals surface area (Å²) >= 11 is 0. The van der Waals surface area contributed by atoms with Gasteiger partial charge in [0.05, 0.1) is 13.7 Å². The lowest BCUT2D eigenvalue weighted by Crippen LogP contribution is -2.43. The van der Waals surface area contributed by atoms with Crippen molar-refractivity contribution >= 4 is 18.0 Å². The van der Waals surface area contributed by atoms with Crippen molar-refractivity contribution in [3.63, 3.8) is 0 Å². The number of carbonyl (C=O) groups is 3. The monoisotopic (exact) mass is 409 g/mol. The van der Waals surface area contributed by atoms with Crippen molar-refractivity contribution in [2.45, 2.75) is 39.5 Å². The predicted molar refractivity (Wildman–Crippen MR) is 102 cm³/mol. The van der Waals surface area contributed by atoms with E-state index < -0.39 is 30.4 Å². The Morgan fingerprint density at radius 2 is 1.90 bits per heavy atom. The molecule has 0 unspecified atom stereocenters. The minimum absolute atomic E-state index is 0.157. The fourth-order valence-electron chi connectivity index (χ4n) is 3.01. The highest BCUT2D eigenvalue weighted by Gasteiger charge is 2.42. The van der Waals surface area contributed by atoms with E-state index in [0.717, 1.165) is 4.90 Å². The molecule has 29 heavy (non-hydrogen) atoms. The third-order valence-corrected chi connectivity index (χ3v) is 4.48. The molecule has 0 aromatic heterocycles. The van der Waals surface area contributed by atoms with Gasteiger partial charge in [-0.15, -0.1) is 0 Å². The second kappa shape index (κ2) is 9.99. The van der Waals surface area contributed by atoms with Gasteiger partial charge in [0.2, 0.25) is 0 Å². The lowest BCUT2D eigenvalue weighted by Gasteiger charge is -2.26. The average Bonchev–Trinajstić information content (AvgIpc) is 3.10. The van der Waals surface area contributed by atoms with Crippen LogP contribution in [-0.4, -0.2) is 60.6 Å². The first-order valence-electron chi connectivity index (χ1n) is 9.35. The van der Waals surface area contributed by atoms with E-state index in [1.54, 1.807) is 45.2 Å². The molecule has 1 heterocycles. The van der Waals surface area contributed by atoms with Gasteiger partial charge in [0.1, 0.15) is 17.5 Å². The largest absolute Gasteiger partial charge is 0.497 e. The number of carboxylic acids is 1. The van der Waals surface area contributed by atoms with Gasteiger partial charge >= 0.3 is 18.0 Å². The highest BCUT2D eigenvalue weighted by Crippen LogP contribution is 2.27. The van der Waals surface area contributed by atoms with E-state index in [9.17, 15) is 19.5 Å². The van der Waals surface area contributed by atoms with Crippen LogP contribution in [0.1, 0.15) is 27.2 Å². The zero-order chi connectivity index (χ0) is 21.6. The molecule has 1 aromatic rings. The summed E-state index contributed by atoms with van der Waals surface area (Å²) in [6, 6.07) is 6.03. The van der Waals surface area contributed by atoms with E-state index in [-0.39, 0.29) is 31.4 Å². The van der Waals surface area contributed by atoms with Crippen LogP contribution in [0.15, 0.2) is 24.3 Å². The van der Waals surface area contributed by atoms with Gasteiger partial charge in [-0.3, -0.25) is 9.69 Å². The fraction of sp³-hybridized carbons (Fsp3) is 0.550. The molecule has 160 valence electrons. The third-order valence-electron chi connectivity index (χ3n) is 4.48. The van der Waals surface area contributed by atoms with Crippen LogP contribution >= 0.6 is 0 Å². The van der Waals surface area contributed by atoms with Crippen molar-refractivity contribution in [2.75, 3.05) is 20.3 Å². The minimum Gasteiger partial charge on any atom is -0.497 e. The number of carboxylic acid groups (broad SMARTS) is 1. The van der Waals surface area contributed by atoms with Crippen LogP contribution in [-0.2, 0) is 19.1 Å². The number of hydrogen-bond acceptors (Lipinski definition) is 7. The van der Waals surface area contributed by atoms with Crippen molar-refractivity contribution in [3.8, 4) is 11.5 Å². The van der Waals surface area contributed by atoms with Gasteiger partial charge < -0.3 is 24.1 Å². The number of carbonyl (C=O) groups excluding carboxylic acids is 2. The van der Waals surface area contributed by atoms with Crippen molar-refractivity contribution < 1.29 is 38.4 Å². The predicted octanol–water partition coefficient (Wildman–Crippen LogP) is 2.53. The molecule has 0 aliphatic carbocycles. The molecular formula is C20H27NO8. The van der Waals surface area contributed by atoms with Gasteiger partial charge in [-0.25, -0.2) is 9.59 Å². The maximum Gasteiger partial charge on any atom is 0.413 e. The summed E-state index contributed by atoms with van der Waals surface area (Å²) in [5, 5.41) is 9.50. The van der Waals surface area contributed by atoms with Crippen LogP contribution in [0.25, 0.3) is 0 Å². The van der Waals surface area contributed by atoms with Crippen molar-refractivity contribution in [3.05, 3.63) is 24.3 Å². The number of hydrogen-bond donors (Lipinski definition) is 1. The normalized spacial score (nSPS) is 19.6. The number of benzene rings is 1. The Morgan fingerprint density at radius 1 is 1.21 bits per heavy atom. The Bertz CT molecular complexity index is 735. The summed E-state index contributed by atoms with van der Waals surface area (Å²) in [6.07, 6.45) is -1.68. The number of rotatable bonds is 8. The Hall–Kier alpha value is -2.97. The second-order valence-corrected chi connectivity index (χ2v) is 7.20. The molecule has 2 rings (SSSR count). The lowest BCUT2D eigenvalue weighted by molar-refractivity contribution is -0.174. The summed E-state index contributed by atoms with van der Waals surface area (Å²) in [6.45, 7) is 5.06. The molecule has 1 N–H and O–H groups in total. The summed E-state index contributed by atoms with van der Waals surface area (Å²) in [5.41, 5.74) is 0. The topological polar surface area (TPSA) is 112 Å². The van der Waals surface area contributed by atoms with Crippen LogP contribution in [0.3, 0.4) is 0 Å². The maximum atomic E-state index is 12.6. The summed E-state index contributed by atoms with van der Waals surface area (Å²) in [7, 11) is 1.55. The number of nitrogens with zero attached hydrogens (tertiary/aromatic N) is 1. The molecule has 0 spiro atoms. The van der Waals surface area contributed by atoms with Crippen LogP contribution in [0.5, 0.6) is 11.5 Å². The highest BCUT2D eigenvalue weighted by atomic mass is 16.7. The molecule has 1 amide bonds. The fourth-order valence-corrected chi connectivity index (χ4v) is 3.01. The first-order chi connectivity index (χ1) is 13.7. The molecule has 1 saturated heterocycles. The van der Waals surface area contributed by atoms with Crippen molar-refractivity contribution in [1.29, 1.82) is 0 Å². The van der Waals surface area contributed by atoms with E-state index in [1.807, 2.05) is 0 Å². The van der Waals surface area contributed by atoms with Gasteiger partial charge in [-0.1, -0.05) is 19.9 Å². The first kappa shape index (κ1) is 22.3. The van der Waals surface area contributed by atoms with Crippen LogP contribution < -0.4 is 9.47 Å². The molecular weight excluding hydrogens is 382 g/mol. The molecule has 1 aliphatic heterocycles. The van der Waals surface area contributed by atoms with Crippen LogP contribution in [0.2, 0.25) is 0 Å². The van der Waals surface area contributed by atoms with E-state index in [1.165, 1.54) is 6.92 Å². The maximum absolute atomic E-state index is 12.6. The minimum atomic E-state index is -1.13. The van der Waals surface area contributed by atoms with Gasteiger partial charge in [0, 0.05) is 31.4 Å². The number of aliphatic carboxylic acids is 1. The van der Waals surface area contributed by atoms with Gasteiger partial charge in [0.15, 0.2) is 0 Å². The standard InChI is InChI=1S/C20H27NO8/c1-12(2)19(28-13(3)22)29-20(25)21-10-14(8-17(21)18(23)24)11-27-16-7-5-6-15(9-16)26-4/h5-7,9,12,14,17,19H,8,10-11H2,1-4H3,(H,23,24)/t14-,17-,19+/m0/s1. The smallest absolute Gasteiger partial charge is 0.413 e. The summed E-state index contributed by atoms with van der Waals surface area (Å²) in [5.74, 6) is -0.946. The Morgan fingerprint density at radius 3 is 2.48 bits per heavy atom. The Labute approximate surface area is 169 Å². The first-order valence-corrected chi connectivity index (χ1v) is 9.35. The number of ether oxygens (including phenoxy) is 4. The van der Waals surface area contributed by atoms with Gasteiger partial charge in [-0.2, -0.15) is 0 Å². The number of likely N-dealkylation sites (tertiary alicyclic amines) is 1. The molecule has 1 aromatic carbocycles. The number of esters is 1. The van der Waals surface area contributed by atoms with E-state index >= 15 is 0 Å². The molecule has 1 aliphatic rings. The van der Waals surface area contributed by atoms with Crippen molar-refractivity contribution in [1.82, 2.24) is 4.90 Å². The highest BCUT2D eigenvalue weighted by molar-refractivity contribution is 5.81. The molecule has 1 fully saturated rings. The van der Waals surface area contributed by atoms with Crippen molar-refractivity contribution in [2.24, 2.45) is 11.8 Å². The number of amides is 1. The Kier molecular flexibility index (Phi) is 7.69. The zero-order valence-corrected chi connectivity index (χ0v) is 17.0. The quantitative estimate of drug-likeness (QED) is 0.515. The third kappa shape index (κ3) is 6.27. The van der Waals surface area contributed by atoms with Gasteiger partial charge in [-0.05, 0) is 18.6 Å². The van der Waals surface area contributed by atoms with E-state index in [4.69, 9.17) is 18.9 Å². The van der Waals surface area contributed by atoms with Crippen LogP contribution in [0, 0.1) is 11.8 Å². The molecule has 3 atom stereocenters. The number of methoxy groups -OCH3 is 1. The second-order valence-electron chi connectivity index (χ2n) is 7.20. The average molecular weight is 409 g/mol. The lowest BCUT2D eigenvalue weighted by atomic mass is 10.1. The van der Waals surface area contributed by atoms with Gasteiger partial charge in [0.25, 0.3) is 6.29 Å². The zero-order valence-electron chi connectivity index (χ0n) is 17.0. The molecule has 0 saturated carbocycles. The SMILES string of the molecule is COc1cccc(OC[C@H]2C[C@@H](C(=O)O)N(C(=O)O[C@@H](OC(C)=O)C(C)C)C2)c1. The Balaban J connectivity index is 2.00.